The highest BCUT2D eigenvalue weighted by molar-refractivity contribution is 5.76. The van der Waals surface area contributed by atoms with E-state index in [2.05, 4.69) is 24.0 Å². The van der Waals surface area contributed by atoms with E-state index in [0.717, 1.165) is 26.1 Å². The number of carbonyl (C=O) groups is 1. The Labute approximate surface area is 107 Å². The summed E-state index contributed by atoms with van der Waals surface area (Å²) in [5, 5.41) is 4.04. The lowest BCUT2D eigenvalue weighted by atomic mass is 10.1. The average Bonchev–Trinajstić information content (AvgIpc) is 2.75. The molecule has 0 saturated carbocycles. The molecule has 1 saturated heterocycles. The summed E-state index contributed by atoms with van der Waals surface area (Å²) in [6.45, 7) is 4.97. The molecule has 2 N–H and O–H groups in total. The molecule has 0 spiro atoms. The number of likely N-dealkylation sites (N-methyl/N-ethyl adjacent to an activating group) is 1. The SMILES string of the molecule is CCC1CN(C(=O)Cn2cc(N)cn2)CCN1C. The van der Waals surface area contributed by atoms with Gasteiger partial charge in [0, 0.05) is 31.9 Å². The Kier molecular flexibility index (Phi) is 3.86. The van der Waals surface area contributed by atoms with Gasteiger partial charge in [0.05, 0.1) is 11.9 Å². The highest BCUT2D eigenvalue weighted by Gasteiger charge is 2.26. The highest BCUT2D eigenvalue weighted by atomic mass is 16.2. The molecule has 1 aromatic heterocycles. The van der Waals surface area contributed by atoms with Crippen LogP contribution in [0.5, 0.6) is 0 Å². The number of nitrogen functional groups attached to an aromatic ring is 1. The van der Waals surface area contributed by atoms with Crippen LogP contribution in [0.2, 0.25) is 0 Å². The monoisotopic (exact) mass is 251 g/mol. The first-order valence-corrected chi connectivity index (χ1v) is 6.36. The van der Waals surface area contributed by atoms with Crippen molar-refractivity contribution in [2.24, 2.45) is 0 Å². The predicted octanol–water partition coefficient (Wildman–Crippen LogP) is 0.0179. The smallest absolute Gasteiger partial charge is 0.244 e. The van der Waals surface area contributed by atoms with Gasteiger partial charge in [-0.2, -0.15) is 5.10 Å². The molecule has 2 heterocycles. The van der Waals surface area contributed by atoms with Gasteiger partial charge in [-0.15, -0.1) is 0 Å². The Morgan fingerprint density at radius 1 is 1.56 bits per heavy atom. The molecule has 1 aliphatic rings. The summed E-state index contributed by atoms with van der Waals surface area (Å²) in [4.78, 5) is 16.4. The lowest BCUT2D eigenvalue weighted by molar-refractivity contribution is -0.134. The van der Waals surface area contributed by atoms with Crippen LogP contribution in [0.4, 0.5) is 5.69 Å². The minimum absolute atomic E-state index is 0.115. The Morgan fingerprint density at radius 2 is 2.33 bits per heavy atom. The van der Waals surface area contributed by atoms with Gasteiger partial charge in [-0.25, -0.2) is 0 Å². The van der Waals surface area contributed by atoms with Crippen molar-refractivity contribution < 1.29 is 4.79 Å². The Balaban J connectivity index is 1.93. The van der Waals surface area contributed by atoms with Gasteiger partial charge in [0.1, 0.15) is 6.54 Å². The first-order chi connectivity index (χ1) is 8.60. The van der Waals surface area contributed by atoms with E-state index in [0.29, 0.717) is 11.7 Å². The third-order valence-electron chi connectivity index (χ3n) is 3.55. The van der Waals surface area contributed by atoms with Crippen LogP contribution in [0.25, 0.3) is 0 Å². The highest BCUT2D eigenvalue weighted by Crippen LogP contribution is 2.11. The molecule has 6 nitrogen and oxygen atoms in total. The van der Waals surface area contributed by atoms with E-state index in [4.69, 9.17) is 5.73 Å². The van der Waals surface area contributed by atoms with Crippen LogP contribution >= 0.6 is 0 Å². The maximum atomic E-state index is 12.2. The van der Waals surface area contributed by atoms with Gasteiger partial charge >= 0.3 is 0 Å². The van der Waals surface area contributed by atoms with Crippen molar-refractivity contribution in [2.45, 2.75) is 25.9 Å². The summed E-state index contributed by atoms with van der Waals surface area (Å²) in [7, 11) is 2.12. The third-order valence-corrected chi connectivity index (χ3v) is 3.55. The van der Waals surface area contributed by atoms with Crippen LogP contribution in [0.15, 0.2) is 12.4 Å². The number of aromatic nitrogens is 2. The predicted molar refractivity (Wildman–Crippen MR) is 69.9 cm³/mol. The molecule has 1 atom stereocenters. The van der Waals surface area contributed by atoms with Crippen molar-refractivity contribution in [3.63, 3.8) is 0 Å². The minimum Gasteiger partial charge on any atom is -0.396 e. The van der Waals surface area contributed by atoms with Gasteiger partial charge in [0.25, 0.3) is 0 Å². The van der Waals surface area contributed by atoms with Crippen LogP contribution in [0.3, 0.4) is 0 Å². The Bertz CT molecular complexity index is 416. The summed E-state index contributed by atoms with van der Waals surface area (Å²) < 4.78 is 1.59. The first kappa shape index (κ1) is 12.9. The summed E-state index contributed by atoms with van der Waals surface area (Å²) >= 11 is 0. The van der Waals surface area contributed by atoms with Crippen molar-refractivity contribution >= 4 is 11.6 Å². The molecule has 100 valence electrons. The Morgan fingerprint density at radius 3 is 2.94 bits per heavy atom. The second-order valence-electron chi connectivity index (χ2n) is 4.85. The summed E-state index contributed by atoms with van der Waals surface area (Å²) in [6, 6.07) is 0.463. The second-order valence-corrected chi connectivity index (χ2v) is 4.85. The van der Waals surface area contributed by atoms with Gasteiger partial charge in [-0.3, -0.25) is 14.4 Å². The minimum atomic E-state index is 0.115. The molecule has 1 fully saturated rings. The molecule has 1 amide bonds. The lowest BCUT2D eigenvalue weighted by Crippen LogP contribution is -2.53. The Hall–Kier alpha value is -1.56. The van der Waals surface area contributed by atoms with Crippen LogP contribution in [0.1, 0.15) is 13.3 Å². The molecular weight excluding hydrogens is 230 g/mol. The lowest BCUT2D eigenvalue weighted by Gasteiger charge is -2.39. The molecule has 0 aromatic carbocycles. The van der Waals surface area contributed by atoms with Crippen molar-refractivity contribution in [1.29, 1.82) is 0 Å². The van der Waals surface area contributed by atoms with E-state index >= 15 is 0 Å². The molecule has 1 aliphatic heterocycles. The molecule has 6 heteroatoms. The average molecular weight is 251 g/mol. The molecule has 1 aromatic rings. The van der Waals surface area contributed by atoms with E-state index in [9.17, 15) is 4.79 Å². The third kappa shape index (κ3) is 2.81. The molecular formula is C12H21N5O. The zero-order chi connectivity index (χ0) is 13.1. The molecule has 0 bridgehead atoms. The van der Waals surface area contributed by atoms with Crippen molar-refractivity contribution in [2.75, 3.05) is 32.4 Å². The van der Waals surface area contributed by atoms with Crippen LogP contribution in [-0.4, -0.2) is 58.2 Å². The summed E-state index contributed by atoms with van der Waals surface area (Å²) in [5.74, 6) is 0.115. The van der Waals surface area contributed by atoms with Gasteiger partial charge < -0.3 is 10.6 Å². The van der Waals surface area contributed by atoms with Gasteiger partial charge in [0.15, 0.2) is 0 Å². The van der Waals surface area contributed by atoms with Crippen molar-refractivity contribution in [3.05, 3.63) is 12.4 Å². The van der Waals surface area contributed by atoms with E-state index in [1.807, 2.05) is 4.90 Å². The number of hydrogen-bond donors (Lipinski definition) is 1. The number of rotatable bonds is 3. The zero-order valence-electron chi connectivity index (χ0n) is 11.0. The number of carbonyl (C=O) groups excluding carboxylic acids is 1. The fourth-order valence-electron chi connectivity index (χ4n) is 2.32. The maximum absolute atomic E-state index is 12.2. The number of anilines is 1. The number of piperazine rings is 1. The molecule has 2 rings (SSSR count). The number of hydrogen-bond acceptors (Lipinski definition) is 4. The largest absolute Gasteiger partial charge is 0.396 e. The quantitative estimate of drug-likeness (QED) is 0.822. The standard InChI is InChI=1S/C12H21N5O/c1-3-11-8-16(5-4-15(11)2)12(18)9-17-7-10(13)6-14-17/h6-7,11H,3-5,8-9,13H2,1-2H3. The molecule has 0 radical (unpaired) electrons. The van der Waals surface area contributed by atoms with Crippen molar-refractivity contribution in [1.82, 2.24) is 19.6 Å². The van der Waals surface area contributed by atoms with Crippen LogP contribution in [-0.2, 0) is 11.3 Å². The molecule has 0 aliphatic carbocycles. The first-order valence-electron chi connectivity index (χ1n) is 6.36. The normalized spacial score (nSPS) is 21.2. The van der Waals surface area contributed by atoms with E-state index in [1.54, 1.807) is 17.1 Å². The van der Waals surface area contributed by atoms with E-state index in [1.165, 1.54) is 0 Å². The number of nitrogens with zero attached hydrogens (tertiary/aromatic N) is 4. The number of amides is 1. The van der Waals surface area contributed by atoms with E-state index < -0.39 is 0 Å². The molecule has 18 heavy (non-hydrogen) atoms. The maximum Gasteiger partial charge on any atom is 0.244 e. The summed E-state index contributed by atoms with van der Waals surface area (Å²) in [6.07, 6.45) is 4.31. The van der Waals surface area contributed by atoms with Gasteiger partial charge in [0.2, 0.25) is 5.91 Å². The molecule has 1 unspecified atom stereocenters. The van der Waals surface area contributed by atoms with Gasteiger partial charge in [-0.05, 0) is 13.5 Å². The topological polar surface area (TPSA) is 67.4 Å². The fourth-order valence-corrected chi connectivity index (χ4v) is 2.32. The van der Waals surface area contributed by atoms with E-state index in [-0.39, 0.29) is 12.5 Å². The van der Waals surface area contributed by atoms with Gasteiger partial charge in [-0.1, -0.05) is 6.92 Å². The van der Waals surface area contributed by atoms with Crippen molar-refractivity contribution in [3.8, 4) is 0 Å². The van der Waals surface area contributed by atoms with Crippen LogP contribution < -0.4 is 5.73 Å². The fraction of sp³-hybridized carbons (Fsp3) is 0.667. The summed E-state index contributed by atoms with van der Waals surface area (Å²) in [5.41, 5.74) is 6.17. The second kappa shape index (κ2) is 5.39. The van der Waals surface area contributed by atoms with Crippen LogP contribution in [0, 0.1) is 0 Å². The zero-order valence-corrected chi connectivity index (χ0v) is 11.0. The number of nitrogens with two attached hydrogens (primary N) is 1.